The van der Waals surface area contributed by atoms with E-state index in [-0.39, 0.29) is 0 Å². The quantitative estimate of drug-likeness (QED) is 0.783. The Hall–Kier alpha value is -1.44. The van der Waals surface area contributed by atoms with Crippen molar-refractivity contribution < 1.29 is 9.90 Å². The highest BCUT2D eigenvalue weighted by molar-refractivity contribution is 7.13. The van der Waals surface area contributed by atoms with Crippen molar-refractivity contribution >= 4 is 33.8 Å². The van der Waals surface area contributed by atoms with E-state index >= 15 is 0 Å². The van der Waals surface area contributed by atoms with Gasteiger partial charge in [0.1, 0.15) is 6.04 Å². The van der Waals surface area contributed by atoms with Crippen LogP contribution in [0.1, 0.15) is 22.9 Å². The molecule has 2 aromatic heterocycles. The number of carboxylic acid groups (broad SMARTS) is 1. The first-order valence-corrected chi connectivity index (χ1v) is 7.09. The Morgan fingerprint density at radius 2 is 2.33 bits per heavy atom. The first kappa shape index (κ1) is 13.0. The molecule has 0 amide bonds. The van der Waals surface area contributed by atoms with Gasteiger partial charge < -0.3 is 16.2 Å². The number of rotatable bonds is 5. The minimum absolute atomic E-state index is 0.386. The molecule has 5 nitrogen and oxygen atoms in total. The fraction of sp³-hybridized carbons (Fsp3) is 0.273. The van der Waals surface area contributed by atoms with Crippen LogP contribution in [0.3, 0.4) is 0 Å². The summed E-state index contributed by atoms with van der Waals surface area (Å²) in [6, 6.07) is -1.06. The predicted molar refractivity (Wildman–Crippen MR) is 73.1 cm³/mol. The van der Waals surface area contributed by atoms with Gasteiger partial charge in [-0.1, -0.05) is 0 Å². The van der Waals surface area contributed by atoms with E-state index in [9.17, 15) is 4.79 Å². The number of anilines is 1. The van der Waals surface area contributed by atoms with Crippen molar-refractivity contribution in [1.29, 1.82) is 0 Å². The molecule has 0 saturated carbocycles. The zero-order valence-corrected chi connectivity index (χ0v) is 11.3. The Morgan fingerprint density at radius 1 is 1.56 bits per heavy atom. The van der Waals surface area contributed by atoms with Gasteiger partial charge in [-0.15, -0.1) is 11.3 Å². The lowest BCUT2D eigenvalue weighted by Gasteiger charge is -2.03. The first-order chi connectivity index (χ1) is 8.58. The average molecular weight is 283 g/mol. The number of nitrogens with two attached hydrogens (primary N) is 1. The fourth-order valence-corrected chi connectivity index (χ4v) is 2.98. The molecule has 0 fully saturated rings. The summed E-state index contributed by atoms with van der Waals surface area (Å²) in [6.07, 6.45) is 0. The van der Waals surface area contributed by atoms with Crippen LogP contribution >= 0.6 is 22.7 Å². The van der Waals surface area contributed by atoms with E-state index < -0.39 is 12.0 Å². The predicted octanol–water partition coefficient (Wildman–Crippen LogP) is 2.21. The molecule has 4 N–H and O–H groups in total. The van der Waals surface area contributed by atoms with Gasteiger partial charge in [-0.05, 0) is 28.8 Å². The minimum atomic E-state index is -1.07. The highest BCUT2D eigenvalue weighted by Crippen LogP contribution is 2.21. The van der Waals surface area contributed by atoms with Gasteiger partial charge >= 0.3 is 5.97 Å². The number of thiophene rings is 1. The zero-order chi connectivity index (χ0) is 13.1. The van der Waals surface area contributed by atoms with Crippen LogP contribution in [0.25, 0.3) is 0 Å². The molecular formula is C11H13N3O2S2. The van der Waals surface area contributed by atoms with Crippen LogP contribution in [-0.2, 0) is 11.3 Å². The van der Waals surface area contributed by atoms with Gasteiger partial charge in [-0.3, -0.25) is 4.79 Å². The summed E-state index contributed by atoms with van der Waals surface area (Å²) in [6.45, 7) is 2.74. The molecule has 18 heavy (non-hydrogen) atoms. The van der Waals surface area contributed by atoms with Gasteiger partial charge in [0.2, 0.25) is 0 Å². The van der Waals surface area contributed by atoms with Crippen LogP contribution in [0.4, 0.5) is 5.13 Å². The molecule has 0 bridgehead atoms. The van der Waals surface area contributed by atoms with E-state index in [0.29, 0.717) is 17.4 Å². The largest absolute Gasteiger partial charge is 0.480 e. The van der Waals surface area contributed by atoms with Gasteiger partial charge in [-0.25, -0.2) is 4.98 Å². The number of carbonyl (C=O) groups is 1. The lowest BCUT2D eigenvalue weighted by Crippen LogP contribution is -2.20. The van der Waals surface area contributed by atoms with Gasteiger partial charge in [0.25, 0.3) is 0 Å². The molecule has 1 unspecified atom stereocenters. The second-order valence-electron chi connectivity index (χ2n) is 3.83. The maximum Gasteiger partial charge on any atom is 0.326 e. The van der Waals surface area contributed by atoms with E-state index in [0.717, 1.165) is 0 Å². The first-order valence-electron chi connectivity index (χ1n) is 5.27. The maximum atomic E-state index is 10.7. The monoisotopic (exact) mass is 283 g/mol. The van der Waals surface area contributed by atoms with Crippen LogP contribution in [0.5, 0.6) is 0 Å². The third-order valence-corrected chi connectivity index (χ3v) is 4.23. The second-order valence-corrected chi connectivity index (χ2v) is 5.43. The molecule has 0 aromatic carbocycles. The minimum Gasteiger partial charge on any atom is -0.480 e. The van der Waals surface area contributed by atoms with Crippen molar-refractivity contribution in [1.82, 2.24) is 4.98 Å². The summed E-state index contributed by atoms with van der Waals surface area (Å²) in [5, 5.41) is 18.5. The Balaban J connectivity index is 1.99. The molecule has 0 saturated heterocycles. The van der Waals surface area contributed by atoms with Gasteiger partial charge in [0.05, 0.1) is 5.69 Å². The number of nitrogens with one attached hydrogen (secondary N) is 1. The van der Waals surface area contributed by atoms with E-state index in [1.54, 1.807) is 16.7 Å². The van der Waals surface area contributed by atoms with E-state index in [4.69, 9.17) is 10.8 Å². The summed E-state index contributed by atoms with van der Waals surface area (Å²) in [4.78, 5) is 14.9. The molecule has 2 aromatic rings. The highest BCUT2D eigenvalue weighted by atomic mass is 32.1. The number of carboxylic acids is 1. The van der Waals surface area contributed by atoms with Crippen molar-refractivity contribution in [2.45, 2.75) is 19.5 Å². The van der Waals surface area contributed by atoms with Gasteiger partial charge in [-0.2, -0.15) is 11.3 Å². The lowest BCUT2D eigenvalue weighted by molar-refractivity contribution is -0.138. The van der Waals surface area contributed by atoms with Gasteiger partial charge in [0.15, 0.2) is 5.13 Å². The maximum absolute atomic E-state index is 10.7. The Kier molecular flexibility index (Phi) is 3.95. The number of hydrogen-bond donors (Lipinski definition) is 3. The highest BCUT2D eigenvalue weighted by Gasteiger charge is 2.17. The Morgan fingerprint density at radius 3 is 2.94 bits per heavy atom. The molecule has 7 heteroatoms. The third kappa shape index (κ3) is 2.87. The number of aromatic nitrogens is 1. The number of aliphatic carboxylic acids is 1. The molecule has 1 atom stereocenters. The molecule has 2 rings (SSSR count). The molecule has 0 aliphatic heterocycles. The summed E-state index contributed by atoms with van der Waals surface area (Å²) >= 11 is 3.02. The molecule has 0 aliphatic rings. The summed E-state index contributed by atoms with van der Waals surface area (Å²) in [5.74, 6) is -1.07. The van der Waals surface area contributed by atoms with Crippen LogP contribution in [0, 0.1) is 6.92 Å². The Bertz CT molecular complexity index is 550. The SMILES string of the molecule is Cc1cscc1CNc1nc(C(N)C(=O)O)cs1. The Labute approximate surface area is 112 Å². The number of hydrogen-bond acceptors (Lipinski definition) is 6. The fourth-order valence-electron chi connectivity index (χ4n) is 1.38. The normalized spacial score (nSPS) is 12.3. The molecule has 96 valence electrons. The van der Waals surface area contributed by atoms with Crippen molar-refractivity contribution in [2.24, 2.45) is 5.73 Å². The van der Waals surface area contributed by atoms with E-state index in [1.807, 2.05) is 0 Å². The summed E-state index contributed by atoms with van der Waals surface area (Å²) < 4.78 is 0. The van der Waals surface area contributed by atoms with Crippen molar-refractivity contribution in [2.75, 3.05) is 5.32 Å². The van der Waals surface area contributed by atoms with Crippen LogP contribution in [0.2, 0.25) is 0 Å². The van der Waals surface area contributed by atoms with E-state index in [2.05, 4.69) is 28.0 Å². The second kappa shape index (κ2) is 5.47. The average Bonchev–Trinajstić information content (AvgIpc) is 2.94. The molecular weight excluding hydrogens is 270 g/mol. The molecule has 2 heterocycles. The van der Waals surface area contributed by atoms with Crippen LogP contribution in [0.15, 0.2) is 16.1 Å². The van der Waals surface area contributed by atoms with Gasteiger partial charge in [0, 0.05) is 11.9 Å². The van der Waals surface area contributed by atoms with Crippen LogP contribution in [-0.4, -0.2) is 16.1 Å². The smallest absolute Gasteiger partial charge is 0.326 e. The zero-order valence-electron chi connectivity index (χ0n) is 9.71. The lowest BCUT2D eigenvalue weighted by atomic mass is 10.2. The van der Waals surface area contributed by atoms with Crippen LogP contribution < -0.4 is 11.1 Å². The number of aryl methyl sites for hydroxylation is 1. The number of thiazole rings is 1. The van der Waals surface area contributed by atoms with Crippen molar-refractivity contribution in [3.8, 4) is 0 Å². The van der Waals surface area contributed by atoms with Crippen molar-refractivity contribution in [3.05, 3.63) is 33.0 Å². The summed E-state index contributed by atoms with van der Waals surface area (Å²) in [5.41, 5.74) is 8.33. The molecule has 0 aliphatic carbocycles. The summed E-state index contributed by atoms with van der Waals surface area (Å²) in [7, 11) is 0. The van der Waals surface area contributed by atoms with Crippen molar-refractivity contribution in [3.63, 3.8) is 0 Å². The van der Waals surface area contributed by atoms with E-state index in [1.165, 1.54) is 22.5 Å². The standard InChI is InChI=1S/C11H13N3O2S2/c1-6-3-17-4-7(6)2-13-11-14-8(5-18-11)9(12)10(15)16/h3-5,9H,2,12H2,1H3,(H,13,14)(H,15,16). The molecule has 0 radical (unpaired) electrons. The third-order valence-electron chi connectivity index (χ3n) is 2.50. The number of nitrogens with zero attached hydrogens (tertiary/aromatic N) is 1. The molecule has 0 spiro atoms. The topological polar surface area (TPSA) is 88.2 Å².